The minimum absolute atomic E-state index is 0.0882. The molecule has 0 aliphatic heterocycles. The quantitative estimate of drug-likeness (QED) is 0.500. The second kappa shape index (κ2) is 8.44. The lowest BCUT2D eigenvalue weighted by Gasteiger charge is -2.08. The zero-order valence-corrected chi connectivity index (χ0v) is 14.9. The van der Waals surface area contributed by atoms with Crippen molar-refractivity contribution in [2.75, 3.05) is 6.61 Å². The van der Waals surface area contributed by atoms with Gasteiger partial charge < -0.3 is 10.1 Å². The fourth-order valence-electron chi connectivity index (χ4n) is 2.44. The van der Waals surface area contributed by atoms with Gasteiger partial charge in [0, 0.05) is 12.1 Å². The van der Waals surface area contributed by atoms with E-state index in [2.05, 4.69) is 16.4 Å². The number of ether oxygens (including phenoxy) is 1. The second-order valence-corrected chi connectivity index (χ2v) is 6.46. The molecular formula is C20H20N2O2S. The van der Waals surface area contributed by atoms with Crippen molar-refractivity contribution < 1.29 is 9.53 Å². The molecule has 0 saturated heterocycles. The first-order valence-electron chi connectivity index (χ1n) is 8.20. The van der Waals surface area contributed by atoms with Crippen LogP contribution in [-0.2, 0) is 6.54 Å². The molecule has 0 aliphatic rings. The number of allylic oxidation sites excluding steroid dienone is 1. The molecule has 0 radical (unpaired) electrons. The number of nitrogens with zero attached hydrogens (tertiary/aromatic N) is 1. The molecule has 1 N–H and O–H groups in total. The van der Waals surface area contributed by atoms with Crippen LogP contribution in [0.3, 0.4) is 0 Å². The highest BCUT2D eigenvalue weighted by Gasteiger charge is 2.07. The van der Waals surface area contributed by atoms with E-state index in [1.807, 2.05) is 49.4 Å². The number of hydrogen-bond acceptors (Lipinski definition) is 4. The van der Waals surface area contributed by atoms with Crippen LogP contribution in [-0.4, -0.2) is 17.5 Å². The Bertz CT molecular complexity index is 886. The molecule has 5 heteroatoms. The monoisotopic (exact) mass is 352 g/mol. The number of rotatable bonds is 7. The highest BCUT2D eigenvalue weighted by molar-refractivity contribution is 7.16. The predicted octanol–water partition coefficient (Wildman–Crippen LogP) is 4.57. The first-order valence-corrected chi connectivity index (χ1v) is 9.08. The van der Waals surface area contributed by atoms with Crippen molar-refractivity contribution in [3.63, 3.8) is 0 Å². The van der Waals surface area contributed by atoms with Crippen molar-refractivity contribution in [1.29, 1.82) is 0 Å². The zero-order chi connectivity index (χ0) is 17.5. The van der Waals surface area contributed by atoms with E-state index in [1.54, 1.807) is 11.6 Å². The van der Waals surface area contributed by atoms with Crippen LogP contribution >= 0.6 is 11.3 Å². The standard InChI is InChI=1S/C20H20N2O2S/c1-2-3-4-10-24-17-7-5-6-15(11-17)13-21-20(23)16-8-9-18-19(12-16)25-14-22-18/h2-3,5-9,11-12,14H,4,10,13H2,1H3,(H,21,23). The van der Waals surface area contributed by atoms with Crippen LogP contribution in [0.4, 0.5) is 0 Å². The Morgan fingerprint density at radius 3 is 3.08 bits per heavy atom. The Labute approximate surface area is 151 Å². The van der Waals surface area contributed by atoms with Gasteiger partial charge in [-0.25, -0.2) is 4.98 Å². The van der Waals surface area contributed by atoms with Gasteiger partial charge in [-0.1, -0.05) is 24.3 Å². The number of thiazole rings is 1. The van der Waals surface area contributed by atoms with Crippen molar-refractivity contribution in [3.05, 3.63) is 71.3 Å². The van der Waals surface area contributed by atoms with Crippen LogP contribution in [0.1, 0.15) is 29.3 Å². The molecule has 4 nitrogen and oxygen atoms in total. The van der Waals surface area contributed by atoms with Crippen molar-refractivity contribution in [2.45, 2.75) is 19.9 Å². The smallest absolute Gasteiger partial charge is 0.251 e. The lowest BCUT2D eigenvalue weighted by Crippen LogP contribution is -2.22. The third kappa shape index (κ3) is 4.67. The van der Waals surface area contributed by atoms with E-state index in [1.165, 1.54) is 11.3 Å². The van der Waals surface area contributed by atoms with E-state index in [0.717, 1.165) is 28.0 Å². The van der Waals surface area contributed by atoms with Crippen molar-refractivity contribution >= 4 is 27.5 Å². The molecule has 2 aromatic carbocycles. The molecule has 3 rings (SSSR count). The summed E-state index contributed by atoms with van der Waals surface area (Å²) in [5.41, 5.74) is 4.37. The van der Waals surface area contributed by atoms with Gasteiger partial charge in [0.2, 0.25) is 0 Å². The maximum absolute atomic E-state index is 12.3. The van der Waals surface area contributed by atoms with Crippen molar-refractivity contribution in [1.82, 2.24) is 10.3 Å². The largest absolute Gasteiger partial charge is 0.493 e. The summed E-state index contributed by atoms with van der Waals surface area (Å²) in [6, 6.07) is 13.4. The van der Waals surface area contributed by atoms with E-state index in [4.69, 9.17) is 4.74 Å². The predicted molar refractivity (Wildman–Crippen MR) is 102 cm³/mol. The lowest BCUT2D eigenvalue weighted by atomic mass is 10.2. The SMILES string of the molecule is CC=CCCOc1cccc(CNC(=O)c2ccc3ncsc3c2)c1. The van der Waals surface area contributed by atoms with Crippen LogP contribution in [0.5, 0.6) is 5.75 Å². The first kappa shape index (κ1) is 17.2. The molecule has 0 atom stereocenters. The number of carbonyl (C=O) groups is 1. The van der Waals surface area contributed by atoms with Crippen LogP contribution in [0, 0.1) is 0 Å². The molecule has 0 aliphatic carbocycles. The second-order valence-electron chi connectivity index (χ2n) is 5.57. The molecule has 1 heterocycles. The van der Waals surface area contributed by atoms with Gasteiger partial charge in [0.1, 0.15) is 5.75 Å². The third-order valence-electron chi connectivity index (χ3n) is 3.73. The van der Waals surface area contributed by atoms with Gasteiger partial charge in [-0.05, 0) is 49.2 Å². The summed E-state index contributed by atoms with van der Waals surface area (Å²) >= 11 is 1.53. The fraction of sp³-hybridized carbons (Fsp3) is 0.200. The molecular weight excluding hydrogens is 332 g/mol. The average molecular weight is 352 g/mol. The zero-order valence-electron chi connectivity index (χ0n) is 14.1. The molecule has 0 bridgehead atoms. The Balaban J connectivity index is 1.57. The minimum Gasteiger partial charge on any atom is -0.493 e. The maximum Gasteiger partial charge on any atom is 0.251 e. The summed E-state index contributed by atoms with van der Waals surface area (Å²) in [4.78, 5) is 16.6. The van der Waals surface area contributed by atoms with E-state index in [-0.39, 0.29) is 5.91 Å². The van der Waals surface area contributed by atoms with Gasteiger partial charge >= 0.3 is 0 Å². The number of benzene rings is 2. The van der Waals surface area contributed by atoms with Crippen molar-refractivity contribution in [2.24, 2.45) is 0 Å². The normalized spacial score (nSPS) is 11.1. The van der Waals surface area contributed by atoms with Crippen LogP contribution in [0.15, 0.2) is 60.1 Å². The molecule has 128 valence electrons. The summed E-state index contributed by atoms with van der Waals surface area (Å²) < 4.78 is 6.73. The molecule has 1 aromatic heterocycles. The maximum atomic E-state index is 12.3. The van der Waals surface area contributed by atoms with Gasteiger partial charge in [-0.3, -0.25) is 4.79 Å². The number of amides is 1. The van der Waals surface area contributed by atoms with E-state index >= 15 is 0 Å². The Morgan fingerprint density at radius 2 is 2.20 bits per heavy atom. The molecule has 1 amide bonds. The Kier molecular flexibility index (Phi) is 5.80. The van der Waals surface area contributed by atoms with E-state index < -0.39 is 0 Å². The molecule has 0 unspecified atom stereocenters. The topological polar surface area (TPSA) is 51.2 Å². The Hall–Kier alpha value is -2.66. The summed E-state index contributed by atoms with van der Waals surface area (Å²) in [6.07, 6.45) is 4.97. The highest BCUT2D eigenvalue weighted by atomic mass is 32.1. The van der Waals surface area contributed by atoms with Gasteiger partial charge in [0.05, 0.1) is 22.3 Å². The van der Waals surface area contributed by atoms with Crippen LogP contribution in [0.25, 0.3) is 10.2 Å². The molecule has 0 fully saturated rings. The van der Waals surface area contributed by atoms with Gasteiger partial charge in [0.25, 0.3) is 5.91 Å². The van der Waals surface area contributed by atoms with E-state index in [0.29, 0.717) is 18.7 Å². The third-order valence-corrected chi connectivity index (χ3v) is 4.53. The first-order chi connectivity index (χ1) is 12.3. The summed E-state index contributed by atoms with van der Waals surface area (Å²) in [5.74, 6) is 0.733. The molecule has 3 aromatic rings. The number of nitrogens with one attached hydrogen (secondary N) is 1. The van der Waals surface area contributed by atoms with Crippen LogP contribution in [0.2, 0.25) is 0 Å². The summed E-state index contributed by atoms with van der Waals surface area (Å²) in [6.45, 7) is 3.11. The molecule has 0 spiro atoms. The highest BCUT2D eigenvalue weighted by Crippen LogP contribution is 2.19. The Morgan fingerprint density at radius 1 is 1.28 bits per heavy atom. The molecule has 0 saturated carbocycles. The fourth-order valence-corrected chi connectivity index (χ4v) is 3.15. The summed E-state index contributed by atoms with van der Waals surface area (Å²) in [5, 5.41) is 2.95. The van der Waals surface area contributed by atoms with Gasteiger partial charge in [-0.2, -0.15) is 0 Å². The average Bonchev–Trinajstić information content (AvgIpc) is 3.11. The summed E-state index contributed by atoms with van der Waals surface area (Å²) in [7, 11) is 0. The van der Waals surface area contributed by atoms with E-state index in [9.17, 15) is 4.79 Å². The minimum atomic E-state index is -0.0882. The number of aromatic nitrogens is 1. The van der Waals surface area contributed by atoms with Crippen molar-refractivity contribution in [3.8, 4) is 5.75 Å². The number of hydrogen-bond donors (Lipinski definition) is 1. The van der Waals surface area contributed by atoms with Gasteiger partial charge in [-0.15, -0.1) is 11.3 Å². The molecule has 25 heavy (non-hydrogen) atoms. The number of fused-ring (bicyclic) bond motifs is 1. The number of carbonyl (C=O) groups excluding carboxylic acids is 1. The lowest BCUT2D eigenvalue weighted by molar-refractivity contribution is 0.0951. The van der Waals surface area contributed by atoms with Crippen LogP contribution < -0.4 is 10.1 Å². The van der Waals surface area contributed by atoms with Gasteiger partial charge in [0.15, 0.2) is 0 Å².